The SMILES string of the molecule is CCCCCn1c(N)nc2c(C)cc(C)cc21. The molecule has 0 aliphatic rings. The lowest BCUT2D eigenvalue weighted by atomic mass is 10.1. The standard InChI is InChI=1S/C14H21N3/c1-4-5-6-7-17-12-9-10(2)8-11(3)13(12)16-14(17)15/h8-9H,4-7H2,1-3H3,(H2,15,16). The van der Waals surface area contributed by atoms with Gasteiger partial charge in [-0.3, -0.25) is 0 Å². The second-order valence-corrected chi connectivity index (χ2v) is 4.78. The van der Waals surface area contributed by atoms with Crippen molar-refractivity contribution in [3.8, 4) is 0 Å². The molecule has 0 aliphatic heterocycles. The number of fused-ring (bicyclic) bond motifs is 1. The Hall–Kier alpha value is -1.51. The summed E-state index contributed by atoms with van der Waals surface area (Å²) in [7, 11) is 0. The van der Waals surface area contributed by atoms with Gasteiger partial charge in [0.25, 0.3) is 0 Å². The summed E-state index contributed by atoms with van der Waals surface area (Å²) in [4.78, 5) is 4.47. The fourth-order valence-corrected chi connectivity index (χ4v) is 2.34. The number of hydrogen-bond donors (Lipinski definition) is 1. The van der Waals surface area contributed by atoms with Gasteiger partial charge < -0.3 is 10.3 Å². The molecular formula is C14H21N3. The van der Waals surface area contributed by atoms with E-state index in [1.54, 1.807) is 0 Å². The zero-order chi connectivity index (χ0) is 12.4. The first-order valence-corrected chi connectivity index (χ1v) is 6.36. The third-order valence-corrected chi connectivity index (χ3v) is 3.20. The Morgan fingerprint density at radius 1 is 1.24 bits per heavy atom. The fourth-order valence-electron chi connectivity index (χ4n) is 2.34. The molecule has 0 bridgehead atoms. The minimum absolute atomic E-state index is 0.643. The van der Waals surface area contributed by atoms with E-state index < -0.39 is 0 Å². The lowest BCUT2D eigenvalue weighted by molar-refractivity contribution is 0.619. The van der Waals surface area contributed by atoms with Crippen molar-refractivity contribution in [2.24, 2.45) is 0 Å². The Bertz CT molecular complexity index is 526. The fraction of sp³-hybridized carbons (Fsp3) is 0.500. The third kappa shape index (κ3) is 2.28. The van der Waals surface area contributed by atoms with E-state index >= 15 is 0 Å². The molecule has 0 unspecified atom stereocenters. The van der Waals surface area contributed by atoms with Crippen molar-refractivity contribution in [1.29, 1.82) is 0 Å². The van der Waals surface area contributed by atoms with Crippen LogP contribution in [0.5, 0.6) is 0 Å². The van der Waals surface area contributed by atoms with Crippen molar-refractivity contribution in [2.75, 3.05) is 5.73 Å². The van der Waals surface area contributed by atoms with Crippen LogP contribution < -0.4 is 5.73 Å². The van der Waals surface area contributed by atoms with Crippen LogP contribution in [0, 0.1) is 13.8 Å². The van der Waals surface area contributed by atoms with Gasteiger partial charge in [-0.15, -0.1) is 0 Å². The van der Waals surface area contributed by atoms with Gasteiger partial charge in [0.1, 0.15) is 0 Å². The van der Waals surface area contributed by atoms with E-state index in [1.165, 1.54) is 35.9 Å². The van der Waals surface area contributed by atoms with Crippen LogP contribution >= 0.6 is 0 Å². The number of unbranched alkanes of at least 4 members (excludes halogenated alkanes) is 2. The second kappa shape index (κ2) is 4.78. The molecule has 17 heavy (non-hydrogen) atoms. The van der Waals surface area contributed by atoms with Gasteiger partial charge in [-0.2, -0.15) is 0 Å². The molecule has 2 N–H and O–H groups in total. The molecule has 0 spiro atoms. The normalized spacial score (nSPS) is 11.2. The molecule has 92 valence electrons. The maximum absolute atomic E-state index is 6.01. The van der Waals surface area contributed by atoms with Crippen molar-refractivity contribution in [3.63, 3.8) is 0 Å². The molecule has 0 saturated heterocycles. The topological polar surface area (TPSA) is 43.8 Å². The maximum Gasteiger partial charge on any atom is 0.201 e. The summed E-state index contributed by atoms with van der Waals surface area (Å²) in [6.45, 7) is 7.40. The number of nitrogens with two attached hydrogens (primary N) is 1. The van der Waals surface area contributed by atoms with E-state index in [0.29, 0.717) is 5.95 Å². The molecule has 0 aliphatic carbocycles. The van der Waals surface area contributed by atoms with E-state index in [9.17, 15) is 0 Å². The lowest BCUT2D eigenvalue weighted by Gasteiger charge is -2.06. The molecule has 0 amide bonds. The average Bonchev–Trinajstić information content (AvgIpc) is 2.57. The predicted molar refractivity (Wildman–Crippen MR) is 73.1 cm³/mol. The highest BCUT2D eigenvalue weighted by molar-refractivity contribution is 5.82. The number of hydrogen-bond acceptors (Lipinski definition) is 2. The largest absolute Gasteiger partial charge is 0.369 e. The van der Waals surface area contributed by atoms with Gasteiger partial charge in [-0.05, 0) is 37.5 Å². The van der Waals surface area contributed by atoms with Crippen LogP contribution in [0.2, 0.25) is 0 Å². The highest BCUT2D eigenvalue weighted by Crippen LogP contribution is 2.23. The van der Waals surface area contributed by atoms with Crippen molar-refractivity contribution < 1.29 is 0 Å². The Kier molecular flexibility index (Phi) is 3.36. The van der Waals surface area contributed by atoms with E-state index in [2.05, 4.69) is 42.5 Å². The van der Waals surface area contributed by atoms with Gasteiger partial charge in [0.2, 0.25) is 5.95 Å². The van der Waals surface area contributed by atoms with E-state index in [4.69, 9.17) is 5.73 Å². The van der Waals surface area contributed by atoms with Gasteiger partial charge >= 0.3 is 0 Å². The van der Waals surface area contributed by atoms with E-state index in [1.807, 2.05) is 0 Å². The van der Waals surface area contributed by atoms with Crippen molar-refractivity contribution in [1.82, 2.24) is 9.55 Å². The van der Waals surface area contributed by atoms with Crippen LogP contribution in [-0.4, -0.2) is 9.55 Å². The van der Waals surface area contributed by atoms with Crippen molar-refractivity contribution in [2.45, 2.75) is 46.6 Å². The summed E-state index contributed by atoms with van der Waals surface area (Å²) < 4.78 is 2.14. The number of imidazole rings is 1. The molecule has 1 aromatic carbocycles. The van der Waals surface area contributed by atoms with Gasteiger partial charge in [0, 0.05) is 6.54 Å². The summed E-state index contributed by atoms with van der Waals surface area (Å²) >= 11 is 0. The Morgan fingerprint density at radius 2 is 2.00 bits per heavy atom. The smallest absolute Gasteiger partial charge is 0.201 e. The number of aromatic nitrogens is 2. The number of nitrogen functional groups attached to an aromatic ring is 1. The molecule has 0 atom stereocenters. The van der Waals surface area contributed by atoms with Crippen LogP contribution in [-0.2, 0) is 6.54 Å². The van der Waals surface area contributed by atoms with Crippen molar-refractivity contribution >= 4 is 17.0 Å². The number of nitrogens with zero attached hydrogens (tertiary/aromatic N) is 2. The molecule has 0 fully saturated rings. The number of aryl methyl sites for hydroxylation is 3. The molecule has 3 nitrogen and oxygen atoms in total. The summed E-state index contributed by atoms with van der Waals surface area (Å²) in [6, 6.07) is 4.34. The molecule has 3 heteroatoms. The number of anilines is 1. The molecule has 2 rings (SSSR count). The van der Waals surface area contributed by atoms with Gasteiger partial charge in [0.15, 0.2) is 0 Å². The minimum atomic E-state index is 0.643. The maximum atomic E-state index is 6.01. The quantitative estimate of drug-likeness (QED) is 0.819. The van der Waals surface area contributed by atoms with Gasteiger partial charge in [-0.25, -0.2) is 4.98 Å². The highest BCUT2D eigenvalue weighted by atomic mass is 15.1. The van der Waals surface area contributed by atoms with Crippen LogP contribution in [0.15, 0.2) is 12.1 Å². The highest BCUT2D eigenvalue weighted by Gasteiger charge is 2.10. The average molecular weight is 231 g/mol. The zero-order valence-corrected chi connectivity index (χ0v) is 11.0. The van der Waals surface area contributed by atoms with E-state index in [-0.39, 0.29) is 0 Å². The first-order valence-electron chi connectivity index (χ1n) is 6.36. The van der Waals surface area contributed by atoms with Crippen molar-refractivity contribution in [3.05, 3.63) is 23.3 Å². The third-order valence-electron chi connectivity index (χ3n) is 3.20. The number of rotatable bonds is 4. The van der Waals surface area contributed by atoms with Crippen LogP contribution in [0.25, 0.3) is 11.0 Å². The molecule has 1 aromatic heterocycles. The van der Waals surface area contributed by atoms with Crippen LogP contribution in [0.1, 0.15) is 37.3 Å². The summed E-state index contributed by atoms with van der Waals surface area (Å²) in [5.74, 6) is 0.643. The Labute approximate surface area is 103 Å². The predicted octanol–water partition coefficient (Wildman–Crippen LogP) is 3.43. The summed E-state index contributed by atoms with van der Waals surface area (Å²) in [6.07, 6.45) is 3.63. The Morgan fingerprint density at radius 3 is 2.71 bits per heavy atom. The van der Waals surface area contributed by atoms with Crippen LogP contribution in [0.3, 0.4) is 0 Å². The first-order chi connectivity index (χ1) is 8.13. The zero-order valence-electron chi connectivity index (χ0n) is 11.0. The first kappa shape index (κ1) is 12.0. The van der Waals surface area contributed by atoms with Crippen LogP contribution in [0.4, 0.5) is 5.95 Å². The molecule has 0 saturated carbocycles. The lowest BCUT2D eigenvalue weighted by Crippen LogP contribution is -2.03. The van der Waals surface area contributed by atoms with Gasteiger partial charge in [0.05, 0.1) is 11.0 Å². The monoisotopic (exact) mass is 231 g/mol. The summed E-state index contributed by atoms with van der Waals surface area (Å²) in [5, 5.41) is 0. The molecule has 1 heterocycles. The molecule has 0 radical (unpaired) electrons. The Balaban J connectivity index is 2.43. The van der Waals surface area contributed by atoms with E-state index in [0.717, 1.165) is 12.1 Å². The minimum Gasteiger partial charge on any atom is -0.369 e. The second-order valence-electron chi connectivity index (χ2n) is 4.78. The number of benzene rings is 1. The molecule has 2 aromatic rings. The van der Waals surface area contributed by atoms with Gasteiger partial charge in [-0.1, -0.05) is 25.8 Å². The summed E-state index contributed by atoms with van der Waals surface area (Å²) in [5.41, 5.74) is 10.7. The molecular weight excluding hydrogens is 210 g/mol.